The van der Waals surface area contributed by atoms with Gasteiger partial charge in [-0.25, -0.2) is 6.57 Å². The molecule has 8 atom stereocenters. The van der Waals surface area contributed by atoms with Gasteiger partial charge in [-0.3, -0.25) is 4.79 Å². The molecule has 0 aromatic heterocycles. The lowest BCUT2D eigenvalue weighted by Gasteiger charge is -2.61. The molecule has 3 fully saturated rings. The summed E-state index contributed by atoms with van der Waals surface area (Å²) in [6.07, 6.45) is 3.97. The Labute approximate surface area is 152 Å². The summed E-state index contributed by atoms with van der Waals surface area (Å²) in [7, 11) is 1.77. The molecule has 0 spiro atoms. The third-order valence-corrected chi connectivity index (χ3v) is 8.60. The van der Waals surface area contributed by atoms with Crippen molar-refractivity contribution in [2.24, 2.45) is 34.0 Å². The van der Waals surface area contributed by atoms with Crippen molar-refractivity contribution in [1.82, 2.24) is 0 Å². The summed E-state index contributed by atoms with van der Waals surface area (Å²) in [6.45, 7) is 16.0. The number of nitrogens with zero attached hydrogens (tertiary/aromatic N) is 1. The maximum atomic E-state index is 13.5. The molecule has 3 aliphatic carbocycles. The number of Topliss-reactive ketones (excluding diaryl/α,β-unsaturated/α-hetero) is 1. The molecule has 0 radical (unpaired) electrons. The highest BCUT2D eigenvalue weighted by Crippen LogP contribution is 2.68. The van der Waals surface area contributed by atoms with Crippen molar-refractivity contribution in [1.29, 1.82) is 0 Å². The summed E-state index contributed by atoms with van der Waals surface area (Å²) in [5.41, 5.74) is -1.11. The molecule has 0 aromatic rings. The second-order valence-electron chi connectivity index (χ2n) is 9.51. The van der Waals surface area contributed by atoms with Crippen molar-refractivity contribution in [2.75, 3.05) is 13.7 Å². The minimum atomic E-state index is -0.748. The van der Waals surface area contributed by atoms with E-state index in [1.165, 1.54) is 0 Å². The Morgan fingerprint density at radius 2 is 1.92 bits per heavy atom. The Bertz CT molecular complexity index is 598. The number of ketones is 1. The van der Waals surface area contributed by atoms with Crippen LogP contribution in [-0.4, -0.2) is 36.8 Å². The van der Waals surface area contributed by atoms with E-state index < -0.39 is 11.5 Å². The fourth-order valence-corrected chi connectivity index (χ4v) is 6.85. The predicted molar refractivity (Wildman–Crippen MR) is 96.8 cm³/mol. The summed E-state index contributed by atoms with van der Waals surface area (Å²) in [6, 6.07) is 0. The zero-order valence-corrected chi connectivity index (χ0v) is 16.3. The van der Waals surface area contributed by atoms with Gasteiger partial charge in [0.2, 0.25) is 6.54 Å². The first-order valence-electron chi connectivity index (χ1n) is 9.76. The Morgan fingerprint density at radius 3 is 2.52 bits per heavy atom. The van der Waals surface area contributed by atoms with Crippen molar-refractivity contribution < 1.29 is 14.6 Å². The molecule has 0 aromatic carbocycles. The van der Waals surface area contributed by atoms with Crippen LogP contribution in [0.4, 0.5) is 0 Å². The molecule has 2 unspecified atom stereocenters. The largest absolute Gasteiger partial charge is 0.392 e. The highest BCUT2D eigenvalue weighted by Gasteiger charge is 2.68. The van der Waals surface area contributed by atoms with E-state index in [0.29, 0.717) is 12.3 Å². The summed E-state index contributed by atoms with van der Waals surface area (Å²) >= 11 is 0. The third kappa shape index (κ3) is 2.35. The molecule has 0 amide bonds. The highest BCUT2D eigenvalue weighted by atomic mass is 16.5. The van der Waals surface area contributed by atoms with Crippen molar-refractivity contribution in [3.8, 4) is 0 Å². The lowest BCUT2D eigenvalue weighted by Crippen LogP contribution is -2.62. The zero-order valence-electron chi connectivity index (χ0n) is 16.3. The van der Waals surface area contributed by atoms with Crippen LogP contribution in [0.2, 0.25) is 0 Å². The van der Waals surface area contributed by atoms with Crippen LogP contribution in [0.5, 0.6) is 0 Å². The molecule has 140 valence electrons. The smallest absolute Gasteiger partial charge is 0.226 e. The molecule has 0 heterocycles. The van der Waals surface area contributed by atoms with Gasteiger partial charge in [-0.1, -0.05) is 20.8 Å². The first-order chi connectivity index (χ1) is 11.7. The average Bonchev–Trinajstić information content (AvgIpc) is 2.97. The standard InChI is InChI=1S/C21H33NO3/c1-13-7-9-21-10-8-15(25-6)17(21)20(13,4)16(23)11-19(3,12-22-5)18(24)14(21)2/h13-17,23H,7-12H2,1-4,6H3/t13-,14+,15-,16-,17?,19+,20+,21?/m1/s1. The number of carbonyl (C=O) groups excluding carboxylic acids is 1. The highest BCUT2D eigenvalue weighted by molar-refractivity contribution is 5.88. The van der Waals surface area contributed by atoms with Crippen LogP contribution in [-0.2, 0) is 9.53 Å². The predicted octanol–water partition coefficient (Wildman–Crippen LogP) is 3.73. The van der Waals surface area contributed by atoms with Crippen molar-refractivity contribution >= 4 is 5.78 Å². The molecule has 3 rings (SSSR count). The van der Waals surface area contributed by atoms with Gasteiger partial charge >= 0.3 is 0 Å². The Morgan fingerprint density at radius 1 is 1.28 bits per heavy atom. The van der Waals surface area contributed by atoms with Crippen LogP contribution in [0, 0.1) is 40.6 Å². The topological polar surface area (TPSA) is 50.9 Å². The molecule has 0 saturated heterocycles. The maximum Gasteiger partial charge on any atom is 0.226 e. The fourth-order valence-electron chi connectivity index (χ4n) is 6.85. The molecule has 4 heteroatoms. The van der Waals surface area contributed by atoms with Gasteiger partial charge in [0.25, 0.3) is 0 Å². The second-order valence-corrected chi connectivity index (χ2v) is 9.51. The quantitative estimate of drug-likeness (QED) is 0.775. The van der Waals surface area contributed by atoms with Crippen molar-refractivity contribution in [3.63, 3.8) is 0 Å². The van der Waals surface area contributed by atoms with Gasteiger partial charge in [0.15, 0.2) is 0 Å². The van der Waals surface area contributed by atoms with E-state index >= 15 is 0 Å². The van der Waals surface area contributed by atoms with Crippen LogP contribution in [0.15, 0.2) is 0 Å². The van der Waals surface area contributed by atoms with Gasteiger partial charge in [0, 0.05) is 18.4 Å². The summed E-state index contributed by atoms with van der Waals surface area (Å²) in [5, 5.41) is 11.4. The molecule has 3 saturated carbocycles. The molecular weight excluding hydrogens is 314 g/mol. The third-order valence-electron chi connectivity index (χ3n) is 8.60. The average molecular weight is 347 g/mol. The number of rotatable bonds is 2. The van der Waals surface area contributed by atoms with Crippen LogP contribution >= 0.6 is 0 Å². The first-order valence-corrected chi connectivity index (χ1v) is 9.76. The minimum absolute atomic E-state index is 0.0799. The number of hydrogen-bond acceptors (Lipinski definition) is 3. The molecule has 1 N–H and O–H groups in total. The van der Waals surface area contributed by atoms with Crippen molar-refractivity contribution in [3.05, 3.63) is 11.4 Å². The normalized spacial score (nSPS) is 52.8. The van der Waals surface area contributed by atoms with Gasteiger partial charge in [0.1, 0.15) is 11.2 Å². The summed E-state index contributed by atoms with van der Waals surface area (Å²) in [4.78, 5) is 17.0. The van der Waals surface area contributed by atoms with Crippen molar-refractivity contribution in [2.45, 2.75) is 72.0 Å². The van der Waals surface area contributed by atoms with Gasteiger partial charge in [-0.05, 0) is 56.3 Å². The maximum absolute atomic E-state index is 13.5. The van der Waals surface area contributed by atoms with Crippen LogP contribution in [0.3, 0.4) is 0 Å². The van der Waals surface area contributed by atoms with Gasteiger partial charge in [0.05, 0.1) is 12.2 Å². The summed E-state index contributed by atoms with van der Waals surface area (Å²) in [5.74, 6) is 0.693. The van der Waals surface area contributed by atoms with E-state index in [0.717, 1.165) is 25.7 Å². The van der Waals surface area contributed by atoms with Gasteiger partial charge < -0.3 is 14.7 Å². The van der Waals surface area contributed by atoms with E-state index in [2.05, 4.69) is 25.6 Å². The van der Waals surface area contributed by atoms with Crippen LogP contribution in [0.25, 0.3) is 4.85 Å². The number of methoxy groups -OCH3 is 1. The number of aliphatic hydroxyl groups excluding tert-OH is 1. The SMILES string of the molecule is [C-]#[N+]C[C@]1(C)C[C@@H](O)[C@@]2(C)C3[C@H](OC)CCC3(CC[C@H]2C)[C@@H](C)C1=O. The van der Waals surface area contributed by atoms with Gasteiger partial charge in [-0.15, -0.1) is 0 Å². The van der Waals surface area contributed by atoms with E-state index in [4.69, 9.17) is 11.3 Å². The second kappa shape index (κ2) is 6.06. The molecule has 25 heavy (non-hydrogen) atoms. The Kier molecular flexibility index (Phi) is 4.57. The minimum Gasteiger partial charge on any atom is -0.392 e. The van der Waals surface area contributed by atoms with Gasteiger partial charge in [-0.2, -0.15) is 0 Å². The lowest BCUT2D eigenvalue weighted by molar-refractivity contribution is -0.190. The monoisotopic (exact) mass is 347 g/mol. The van der Waals surface area contributed by atoms with Crippen LogP contribution in [0.1, 0.15) is 59.8 Å². The van der Waals surface area contributed by atoms with E-state index in [1.807, 2.05) is 6.92 Å². The number of aliphatic hydroxyl groups is 1. The van der Waals surface area contributed by atoms with E-state index in [-0.39, 0.29) is 41.1 Å². The zero-order chi connectivity index (χ0) is 18.6. The molecular formula is C21H33NO3. The first kappa shape index (κ1) is 18.9. The van der Waals surface area contributed by atoms with Crippen LogP contribution < -0.4 is 0 Å². The van der Waals surface area contributed by atoms with E-state index in [1.54, 1.807) is 7.11 Å². The Balaban J connectivity index is 2.18. The number of carbonyl (C=O) groups is 1. The van der Waals surface area contributed by atoms with E-state index in [9.17, 15) is 9.90 Å². The fraction of sp³-hybridized carbons (Fsp3) is 0.905. The summed E-state index contributed by atoms with van der Waals surface area (Å²) < 4.78 is 5.88. The molecule has 3 aliphatic rings. The number of hydrogen-bond donors (Lipinski definition) is 1. The number of ether oxygens (including phenoxy) is 1. The molecule has 0 aliphatic heterocycles. The Hall–Kier alpha value is -0.920. The molecule has 4 nitrogen and oxygen atoms in total. The molecule has 2 bridgehead atoms. The lowest BCUT2D eigenvalue weighted by atomic mass is 9.44.